The lowest BCUT2D eigenvalue weighted by Crippen LogP contribution is -2.33. The van der Waals surface area contributed by atoms with Gasteiger partial charge in [-0.1, -0.05) is 35.5 Å². The number of rotatable bonds is 5. The van der Waals surface area contributed by atoms with Gasteiger partial charge in [0.2, 0.25) is 0 Å². The number of ether oxygens (including phenoxy) is 1. The molecule has 0 saturated carbocycles. The predicted octanol–water partition coefficient (Wildman–Crippen LogP) is 3.26. The van der Waals surface area contributed by atoms with E-state index in [2.05, 4.69) is 10.3 Å². The van der Waals surface area contributed by atoms with Gasteiger partial charge in [0.25, 0.3) is 5.56 Å². The second kappa shape index (κ2) is 8.05. The molecule has 0 unspecified atom stereocenters. The van der Waals surface area contributed by atoms with Crippen molar-refractivity contribution >= 4 is 29.1 Å². The van der Waals surface area contributed by atoms with E-state index in [0.717, 1.165) is 31.6 Å². The summed E-state index contributed by atoms with van der Waals surface area (Å²) in [5, 5.41) is 4.72. The zero-order chi connectivity index (χ0) is 16.9. The lowest BCUT2D eigenvalue weighted by Gasteiger charge is -2.24. The number of hydrogen-bond donors (Lipinski definition) is 1. The van der Waals surface area contributed by atoms with Gasteiger partial charge in [0, 0.05) is 24.3 Å². The maximum atomic E-state index is 12.9. The van der Waals surface area contributed by atoms with Gasteiger partial charge in [-0.3, -0.25) is 9.36 Å². The zero-order valence-corrected chi connectivity index (χ0v) is 15.1. The van der Waals surface area contributed by atoms with E-state index in [1.807, 2.05) is 30.5 Å². The standard InChI is InChI=1S/C17H20ClN3O2S/c1-24-17-19-10-15(20-14-6-8-23-9-7-14)16(22)21(17)11-12-2-4-13(18)5-3-12/h2-5,10,14,20H,6-9,11H2,1H3. The van der Waals surface area contributed by atoms with Crippen molar-refractivity contribution in [3.63, 3.8) is 0 Å². The summed E-state index contributed by atoms with van der Waals surface area (Å²) in [5.41, 5.74) is 1.52. The number of aromatic nitrogens is 2. The normalized spacial score (nSPS) is 15.4. The number of halogens is 1. The van der Waals surface area contributed by atoms with Crippen LogP contribution < -0.4 is 10.9 Å². The third kappa shape index (κ3) is 4.12. The fourth-order valence-corrected chi connectivity index (χ4v) is 3.36. The van der Waals surface area contributed by atoms with E-state index in [4.69, 9.17) is 16.3 Å². The molecule has 0 bridgehead atoms. The molecule has 1 aromatic heterocycles. The van der Waals surface area contributed by atoms with Gasteiger partial charge in [0.15, 0.2) is 5.16 Å². The zero-order valence-electron chi connectivity index (χ0n) is 13.5. The Kier molecular flexibility index (Phi) is 5.81. The summed E-state index contributed by atoms with van der Waals surface area (Å²) >= 11 is 7.40. The topological polar surface area (TPSA) is 56.2 Å². The Bertz CT molecular complexity index is 742. The monoisotopic (exact) mass is 365 g/mol. The van der Waals surface area contributed by atoms with Crippen molar-refractivity contribution in [1.82, 2.24) is 9.55 Å². The van der Waals surface area contributed by atoms with Gasteiger partial charge in [0.05, 0.1) is 12.7 Å². The summed E-state index contributed by atoms with van der Waals surface area (Å²) in [6.45, 7) is 1.93. The summed E-state index contributed by atoms with van der Waals surface area (Å²) in [6.07, 6.45) is 5.37. The Morgan fingerprint density at radius 2 is 2.04 bits per heavy atom. The minimum Gasteiger partial charge on any atom is -0.381 e. The second-order valence-corrected chi connectivity index (χ2v) is 6.92. The van der Waals surface area contributed by atoms with Crippen LogP contribution in [0.2, 0.25) is 5.02 Å². The fourth-order valence-electron chi connectivity index (χ4n) is 2.71. The first-order valence-corrected chi connectivity index (χ1v) is 9.50. The van der Waals surface area contributed by atoms with E-state index in [1.54, 1.807) is 10.8 Å². The van der Waals surface area contributed by atoms with E-state index in [-0.39, 0.29) is 11.6 Å². The maximum Gasteiger partial charge on any atom is 0.277 e. The molecule has 3 rings (SSSR count). The van der Waals surface area contributed by atoms with Crippen LogP contribution in [0.5, 0.6) is 0 Å². The number of hydrogen-bond acceptors (Lipinski definition) is 5. The van der Waals surface area contributed by atoms with Crippen molar-refractivity contribution in [3.05, 3.63) is 51.4 Å². The van der Waals surface area contributed by atoms with Crippen molar-refractivity contribution in [2.24, 2.45) is 0 Å². The van der Waals surface area contributed by atoms with Crippen LogP contribution in [0, 0.1) is 0 Å². The van der Waals surface area contributed by atoms with Crippen molar-refractivity contribution in [3.8, 4) is 0 Å². The van der Waals surface area contributed by atoms with Crippen LogP contribution in [0.25, 0.3) is 0 Å². The highest BCUT2D eigenvalue weighted by atomic mass is 35.5. The minimum absolute atomic E-state index is 0.0456. The Balaban J connectivity index is 1.87. The highest BCUT2D eigenvalue weighted by Crippen LogP contribution is 2.17. The van der Waals surface area contributed by atoms with Gasteiger partial charge in [-0.25, -0.2) is 4.98 Å². The van der Waals surface area contributed by atoms with Crippen LogP contribution in [0.3, 0.4) is 0 Å². The van der Waals surface area contributed by atoms with Crippen LogP contribution in [-0.4, -0.2) is 35.1 Å². The highest BCUT2D eigenvalue weighted by Gasteiger charge is 2.17. The molecule has 2 aromatic rings. The van der Waals surface area contributed by atoms with Crippen LogP contribution >= 0.6 is 23.4 Å². The van der Waals surface area contributed by atoms with Gasteiger partial charge in [-0.05, 0) is 36.8 Å². The first-order valence-electron chi connectivity index (χ1n) is 7.90. The molecule has 7 heteroatoms. The molecule has 0 aliphatic carbocycles. The highest BCUT2D eigenvalue weighted by molar-refractivity contribution is 7.98. The van der Waals surface area contributed by atoms with Crippen molar-refractivity contribution in [2.45, 2.75) is 30.6 Å². The molecule has 1 fully saturated rings. The molecule has 24 heavy (non-hydrogen) atoms. The molecule has 1 aliphatic heterocycles. The van der Waals surface area contributed by atoms with E-state index in [0.29, 0.717) is 22.4 Å². The van der Waals surface area contributed by atoms with Crippen LogP contribution in [0.4, 0.5) is 5.69 Å². The molecule has 1 aliphatic rings. The van der Waals surface area contributed by atoms with Crippen LogP contribution in [-0.2, 0) is 11.3 Å². The van der Waals surface area contributed by atoms with E-state index < -0.39 is 0 Å². The third-order valence-corrected chi connectivity index (χ3v) is 4.97. The summed E-state index contributed by atoms with van der Waals surface area (Å²) in [6, 6.07) is 7.78. The van der Waals surface area contributed by atoms with Crippen molar-refractivity contribution < 1.29 is 4.74 Å². The molecule has 2 heterocycles. The minimum atomic E-state index is -0.0456. The predicted molar refractivity (Wildman–Crippen MR) is 98.3 cm³/mol. The molecular formula is C17H20ClN3O2S. The van der Waals surface area contributed by atoms with E-state index in [9.17, 15) is 4.79 Å². The van der Waals surface area contributed by atoms with E-state index in [1.165, 1.54) is 11.8 Å². The summed E-state index contributed by atoms with van der Waals surface area (Å²) in [7, 11) is 0. The Morgan fingerprint density at radius 1 is 1.33 bits per heavy atom. The molecule has 0 amide bonds. The number of anilines is 1. The number of nitrogens with zero attached hydrogens (tertiary/aromatic N) is 2. The average molecular weight is 366 g/mol. The van der Waals surface area contributed by atoms with Gasteiger partial charge < -0.3 is 10.1 Å². The number of thioether (sulfide) groups is 1. The second-order valence-electron chi connectivity index (χ2n) is 5.71. The fraction of sp³-hybridized carbons (Fsp3) is 0.412. The molecule has 0 atom stereocenters. The van der Waals surface area contributed by atoms with Crippen LogP contribution in [0.1, 0.15) is 18.4 Å². The Hall–Kier alpha value is -1.50. The molecule has 5 nitrogen and oxygen atoms in total. The largest absolute Gasteiger partial charge is 0.381 e. The molecule has 1 saturated heterocycles. The number of benzene rings is 1. The SMILES string of the molecule is CSc1ncc(NC2CCOCC2)c(=O)n1Cc1ccc(Cl)cc1. The van der Waals surface area contributed by atoms with Crippen molar-refractivity contribution in [1.29, 1.82) is 0 Å². The molecular weight excluding hydrogens is 346 g/mol. The quantitative estimate of drug-likeness (QED) is 0.651. The van der Waals surface area contributed by atoms with Crippen molar-refractivity contribution in [2.75, 3.05) is 24.8 Å². The van der Waals surface area contributed by atoms with E-state index >= 15 is 0 Å². The molecule has 128 valence electrons. The van der Waals surface area contributed by atoms with Gasteiger partial charge >= 0.3 is 0 Å². The molecule has 1 N–H and O–H groups in total. The summed E-state index contributed by atoms with van der Waals surface area (Å²) in [4.78, 5) is 17.3. The average Bonchev–Trinajstić information content (AvgIpc) is 2.61. The van der Waals surface area contributed by atoms with Gasteiger partial charge in [0.1, 0.15) is 5.69 Å². The first-order chi connectivity index (χ1) is 11.7. The van der Waals surface area contributed by atoms with Crippen LogP contribution in [0.15, 0.2) is 40.4 Å². The van der Waals surface area contributed by atoms with Gasteiger partial charge in [-0.15, -0.1) is 0 Å². The third-order valence-electron chi connectivity index (χ3n) is 4.03. The summed E-state index contributed by atoms with van der Waals surface area (Å²) in [5.74, 6) is 0. The smallest absolute Gasteiger partial charge is 0.277 e. The maximum absolute atomic E-state index is 12.9. The lowest BCUT2D eigenvalue weighted by molar-refractivity contribution is 0.0904. The lowest BCUT2D eigenvalue weighted by atomic mass is 10.1. The molecule has 0 spiro atoms. The first kappa shape index (κ1) is 17.3. The Morgan fingerprint density at radius 3 is 2.71 bits per heavy atom. The van der Waals surface area contributed by atoms with Gasteiger partial charge in [-0.2, -0.15) is 0 Å². The molecule has 0 radical (unpaired) electrons. The summed E-state index contributed by atoms with van der Waals surface area (Å²) < 4.78 is 7.07. The molecule has 1 aromatic carbocycles. The Labute approximate surface area is 150 Å². The number of nitrogens with one attached hydrogen (secondary N) is 1.